The minimum absolute atomic E-state index is 0.228. The molecule has 1 amide bonds. The number of halogens is 3. The van der Waals surface area contributed by atoms with E-state index in [4.69, 9.17) is 10.5 Å². The number of carbonyl (C=O) groups is 1. The molecule has 0 atom stereocenters. The first-order valence-corrected chi connectivity index (χ1v) is 6.65. The molecule has 2 aromatic carbocycles. The van der Waals surface area contributed by atoms with Gasteiger partial charge < -0.3 is 15.4 Å². The Kier molecular flexibility index (Phi) is 4.49. The lowest BCUT2D eigenvalue weighted by molar-refractivity contribution is -0.137. The predicted octanol–water partition coefficient (Wildman–Crippen LogP) is 3.78. The number of nitrogens with zero attached hydrogens (tertiary/aromatic N) is 1. The number of hydrogen-bond donors (Lipinski definition) is 1. The molecule has 0 radical (unpaired) electrons. The smallest absolute Gasteiger partial charge is 0.416 e. The molecule has 7 heteroatoms. The summed E-state index contributed by atoms with van der Waals surface area (Å²) in [4.78, 5) is 13.4. The van der Waals surface area contributed by atoms with Gasteiger partial charge in [0.05, 0.1) is 11.1 Å². The van der Waals surface area contributed by atoms with Gasteiger partial charge in [0.1, 0.15) is 11.5 Å². The highest BCUT2D eigenvalue weighted by atomic mass is 19.4. The number of ether oxygens (including phenoxy) is 1. The molecule has 0 heterocycles. The second-order valence-electron chi connectivity index (χ2n) is 5.07. The fourth-order valence-electron chi connectivity index (χ4n) is 1.87. The minimum Gasteiger partial charge on any atom is -0.457 e. The minimum atomic E-state index is -4.40. The van der Waals surface area contributed by atoms with E-state index in [0.29, 0.717) is 11.4 Å². The van der Waals surface area contributed by atoms with Gasteiger partial charge in [-0.15, -0.1) is 0 Å². The summed E-state index contributed by atoms with van der Waals surface area (Å²) in [5.74, 6) is 0.246. The van der Waals surface area contributed by atoms with Crippen molar-refractivity contribution in [1.29, 1.82) is 0 Å². The number of hydrogen-bond acceptors (Lipinski definition) is 3. The molecule has 2 N–H and O–H groups in total. The zero-order chi connectivity index (χ0) is 17.2. The Morgan fingerprint density at radius 3 is 2.13 bits per heavy atom. The maximum absolute atomic E-state index is 12.5. The summed E-state index contributed by atoms with van der Waals surface area (Å²) in [5, 5.41) is 0. The van der Waals surface area contributed by atoms with E-state index >= 15 is 0 Å². The monoisotopic (exact) mass is 324 g/mol. The van der Waals surface area contributed by atoms with Crippen molar-refractivity contribution in [2.75, 3.05) is 19.8 Å². The van der Waals surface area contributed by atoms with Crippen LogP contribution in [0.1, 0.15) is 15.9 Å². The first kappa shape index (κ1) is 16.7. The van der Waals surface area contributed by atoms with Crippen LogP contribution in [0, 0.1) is 0 Å². The molecular weight excluding hydrogens is 309 g/mol. The van der Waals surface area contributed by atoms with E-state index in [9.17, 15) is 18.0 Å². The van der Waals surface area contributed by atoms with Gasteiger partial charge >= 0.3 is 6.18 Å². The fraction of sp³-hybridized carbons (Fsp3) is 0.188. The van der Waals surface area contributed by atoms with Crippen LogP contribution in [0.25, 0.3) is 0 Å². The van der Waals surface area contributed by atoms with Crippen LogP contribution in [0.3, 0.4) is 0 Å². The van der Waals surface area contributed by atoms with Gasteiger partial charge in [-0.2, -0.15) is 13.2 Å². The van der Waals surface area contributed by atoms with Gasteiger partial charge in [-0.1, -0.05) is 0 Å². The van der Waals surface area contributed by atoms with Crippen LogP contribution in [0.2, 0.25) is 0 Å². The third-order valence-electron chi connectivity index (χ3n) is 3.08. The van der Waals surface area contributed by atoms with Gasteiger partial charge in [0.25, 0.3) is 5.91 Å². The number of anilines is 1. The predicted molar refractivity (Wildman–Crippen MR) is 80.4 cm³/mol. The topological polar surface area (TPSA) is 55.6 Å². The summed E-state index contributed by atoms with van der Waals surface area (Å²) in [5.41, 5.74) is 5.56. The van der Waals surface area contributed by atoms with Crippen LogP contribution in [-0.4, -0.2) is 24.9 Å². The van der Waals surface area contributed by atoms with Gasteiger partial charge in [0, 0.05) is 19.8 Å². The molecule has 0 saturated carbocycles. The highest BCUT2D eigenvalue weighted by molar-refractivity contribution is 5.99. The zero-order valence-corrected chi connectivity index (χ0v) is 12.5. The van der Waals surface area contributed by atoms with Crippen molar-refractivity contribution in [2.45, 2.75) is 6.18 Å². The number of amides is 1. The lowest BCUT2D eigenvalue weighted by atomic mass is 10.1. The van der Waals surface area contributed by atoms with Gasteiger partial charge in [-0.25, -0.2) is 0 Å². The highest BCUT2D eigenvalue weighted by Gasteiger charge is 2.30. The summed E-state index contributed by atoms with van der Waals surface area (Å²) in [7, 11) is 3.18. The lowest BCUT2D eigenvalue weighted by Gasteiger charge is -2.14. The van der Waals surface area contributed by atoms with E-state index < -0.39 is 11.7 Å². The second kappa shape index (κ2) is 6.20. The van der Waals surface area contributed by atoms with E-state index in [1.54, 1.807) is 20.2 Å². The first-order chi connectivity index (χ1) is 10.7. The Hall–Kier alpha value is -2.70. The number of nitrogens with two attached hydrogens (primary N) is 1. The molecule has 2 aromatic rings. The Balaban J connectivity index is 2.24. The summed E-state index contributed by atoms with van der Waals surface area (Å²) >= 11 is 0. The van der Waals surface area contributed by atoms with E-state index in [1.807, 2.05) is 0 Å². The number of nitrogen functional groups attached to an aromatic ring is 1. The average Bonchev–Trinajstić information content (AvgIpc) is 2.48. The van der Waals surface area contributed by atoms with Gasteiger partial charge in [-0.3, -0.25) is 4.79 Å². The molecule has 4 nitrogen and oxygen atoms in total. The third kappa shape index (κ3) is 3.94. The third-order valence-corrected chi connectivity index (χ3v) is 3.08. The van der Waals surface area contributed by atoms with E-state index in [0.717, 1.165) is 12.1 Å². The highest BCUT2D eigenvalue weighted by Crippen LogP contribution is 2.32. The maximum atomic E-state index is 12.5. The lowest BCUT2D eigenvalue weighted by Crippen LogP contribution is -2.22. The molecular formula is C16H15F3N2O2. The van der Waals surface area contributed by atoms with Crippen LogP contribution >= 0.6 is 0 Å². The molecule has 0 aliphatic carbocycles. The molecule has 0 aliphatic rings. The van der Waals surface area contributed by atoms with Crippen molar-refractivity contribution in [2.24, 2.45) is 0 Å². The summed E-state index contributed by atoms with van der Waals surface area (Å²) in [6.07, 6.45) is -4.40. The average molecular weight is 324 g/mol. The van der Waals surface area contributed by atoms with Crippen molar-refractivity contribution >= 4 is 11.6 Å². The van der Waals surface area contributed by atoms with Crippen molar-refractivity contribution in [3.8, 4) is 11.5 Å². The molecule has 23 heavy (non-hydrogen) atoms. The van der Waals surface area contributed by atoms with Gasteiger partial charge in [0.2, 0.25) is 0 Å². The first-order valence-electron chi connectivity index (χ1n) is 6.65. The van der Waals surface area contributed by atoms with Gasteiger partial charge in [-0.05, 0) is 42.5 Å². The normalized spacial score (nSPS) is 11.2. The Morgan fingerprint density at radius 2 is 1.61 bits per heavy atom. The molecule has 0 unspecified atom stereocenters. The van der Waals surface area contributed by atoms with Crippen molar-refractivity contribution in [3.63, 3.8) is 0 Å². The Labute approximate surface area is 131 Å². The zero-order valence-electron chi connectivity index (χ0n) is 12.5. The number of rotatable bonds is 3. The number of benzene rings is 2. The van der Waals surface area contributed by atoms with Crippen LogP contribution < -0.4 is 10.5 Å². The fourth-order valence-corrected chi connectivity index (χ4v) is 1.87. The summed E-state index contributed by atoms with van der Waals surface area (Å²) < 4.78 is 43.0. The van der Waals surface area contributed by atoms with Crippen molar-refractivity contribution in [3.05, 3.63) is 53.6 Å². The SMILES string of the molecule is CN(C)C(=O)c1cc(Oc2ccc(C(F)(F)F)cc2)ccc1N. The Morgan fingerprint density at radius 1 is 1.04 bits per heavy atom. The van der Waals surface area contributed by atoms with Crippen LogP contribution in [0.15, 0.2) is 42.5 Å². The van der Waals surface area contributed by atoms with E-state index in [-0.39, 0.29) is 17.2 Å². The van der Waals surface area contributed by atoms with E-state index in [2.05, 4.69) is 0 Å². The molecule has 0 fully saturated rings. The quantitative estimate of drug-likeness (QED) is 0.874. The van der Waals surface area contributed by atoms with Crippen molar-refractivity contribution < 1.29 is 22.7 Å². The molecule has 2 rings (SSSR count). The number of alkyl halides is 3. The summed E-state index contributed by atoms with van der Waals surface area (Å²) in [6.45, 7) is 0. The molecule has 0 spiro atoms. The number of carbonyl (C=O) groups excluding carboxylic acids is 1. The maximum Gasteiger partial charge on any atom is 0.416 e. The standard InChI is InChI=1S/C16H15F3N2O2/c1-21(2)15(22)13-9-12(7-8-14(13)20)23-11-5-3-10(4-6-11)16(17,18)19/h3-9H,20H2,1-2H3. The van der Waals surface area contributed by atoms with Crippen molar-refractivity contribution in [1.82, 2.24) is 4.90 Å². The molecule has 0 saturated heterocycles. The van der Waals surface area contributed by atoms with Crippen LogP contribution in [0.4, 0.5) is 18.9 Å². The van der Waals surface area contributed by atoms with Gasteiger partial charge in [0.15, 0.2) is 0 Å². The van der Waals surface area contributed by atoms with E-state index in [1.165, 1.54) is 29.2 Å². The molecule has 122 valence electrons. The summed E-state index contributed by atoms with van der Waals surface area (Å²) in [6, 6.07) is 8.79. The molecule has 0 aliphatic heterocycles. The van der Waals surface area contributed by atoms with Crippen LogP contribution in [-0.2, 0) is 6.18 Å². The van der Waals surface area contributed by atoms with Crippen LogP contribution in [0.5, 0.6) is 11.5 Å². The molecule has 0 bridgehead atoms. The largest absolute Gasteiger partial charge is 0.457 e. The second-order valence-corrected chi connectivity index (χ2v) is 5.07. The molecule has 0 aromatic heterocycles. The Bertz CT molecular complexity index is 710.